The highest BCUT2D eigenvalue weighted by atomic mass is 16.3. The molecule has 0 unspecified atom stereocenters. The van der Waals surface area contributed by atoms with Gasteiger partial charge in [-0.1, -0.05) is 164 Å². The molecule has 0 aliphatic rings. The van der Waals surface area contributed by atoms with Crippen molar-refractivity contribution in [3.8, 4) is 62.1 Å². The normalized spacial score (nSPS) is 12.0. The van der Waals surface area contributed by atoms with E-state index in [-0.39, 0.29) is 0 Å². The van der Waals surface area contributed by atoms with Crippen molar-refractivity contribution in [1.82, 2.24) is 19.5 Å². The Kier molecular flexibility index (Phi) is 8.23. The van der Waals surface area contributed by atoms with Crippen LogP contribution >= 0.6 is 0 Å². The van der Waals surface area contributed by atoms with Crippen molar-refractivity contribution < 1.29 is 13.3 Å². The molecule has 0 atom stereocenters. The zero-order valence-electron chi connectivity index (χ0n) is 37.3. The van der Waals surface area contributed by atoms with Crippen molar-refractivity contribution in [2.24, 2.45) is 0 Å². The molecule has 5 aromatic heterocycles. The van der Waals surface area contributed by atoms with Gasteiger partial charge in [0.25, 0.3) is 0 Å². The molecule has 0 N–H and O–H groups in total. The van der Waals surface area contributed by atoms with Crippen molar-refractivity contribution in [1.29, 1.82) is 0 Å². The SMILES string of the molecule is c1ccc(-c2nc(-c3ccc(-c4cccc5c4oc4ccccc45)cc3)nc(-c3cccc4oc5ccc(-c6c(-n7c8ccccc8c8ccccc87)ccc7oc8ccccc8c67)cc5c34)n2)cc1. The predicted octanol–water partition coefficient (Wildman–Crippen LogP) is 17.0. The smallest absolute Gasteiger partial charge is 0.164 e. The van der Waals surface area contributed by atoms with E-state index in [9.17, 15) is 0 Å². The van der Waals surface area contributed by atoms with Gasteiger partial charge in [0, 0.05) is 70.9 Å². The molecule has 10 aromatic carbocycles. The first kappa shape index (κ1) is 38.5. The number of hydrogen-bond donors (Lipinski definition) is 0. The third-order valence-electron chi connectivity index (χ3n) is 13.9. The number of furan rings is 3. The van der Waals surface area contributed by atoms with E-state index in [4.69, 9.17) is 28.2 Å². The quantitative estimate of drug-likeness (QED) is 0.165. The molecule has 7 nitrogen and oxygen atoms in total. The fourth-order valence-corrected chi connectivity index (χ4v) is 10.8. The molecule has 0 amide bonds. The van der Waals surface area contributed by atoms with Gasteiger partial charge in [-0.25, -0.2) is 15.0 Å². The summed E-state index contributed by atoms with van der Waals surface area (Å²) >= 11 is 0. The van der Waals surface area contributed by atoms with Crippen LogP contribution in [0.2, 0.25) is 0 Å². The molecule has 15 aromatic rings. The standard InChI is InChI=1S/C63H36N4O3/c1-2-14-38(15-3-1)61-64-62(39-30-28-37(29-31-39)41-20-12-21-45-44-18-6-10-25-52(44)70-60(41)45)66-63(65-61)47-22-13-27-55-58(47)48-36-40(32-34-54(48)69-55)57-51(33-35-56-59(57)46-19-7-11-26-53(46)68-56)67-49-23-8-4-16-42(49)43-17-5-9-24-50(43)67/h1-36H. The molecule has 0 aliphatic carbocycles. The second-order valence-electron chi connectivity index (χ2n) is 17.8. The van der Waals surface area contributed by atoms with E-state index in [1.807, 2.05) is 72.8 Å². The molecule has 0 bridgehead atoms. The summed E-state index contributed by atoms with van der Waals surface area (Å²) in [5.41, 5.74) is 15.0. The molecular formula is C63H36N4O3. The summed E-state index contributed by atoms with van der Waals surface area (Å²) < 4.78 is 22.1. The maximum atomic E-state index is 6.70. The average molecular weight is 897 g/mol. The zero-order chi connectivity index (χ0) is 45.9. The monoisotopic (exact) mass is 896 g/mol. The Morgan fingerprint density at radius 2 is 0.814 bits per heavy atom. The van der Waals surface area contributed by atoms with Crippen LogP contribution in [-0.2, 0) is 0 Å². The minimum atomic E-state index is 0.549. The van der Waals surface area contributed by atoms with Gasteiger partial charge in [0.05, 0.1) is 16.7 Å². The molecule has 0 fully saturated rings. The molecule has 0 spiro atoms. The van der Waals surface area contributed by atoms with E-state index in [0.29, 0.717) is 17.5 Å². The Hall–Kier alpha value is -9.59. The first-order valence-corrected chi connectivity index (χ1v) is 23.4. The molecule has 0 saturated heterocycles. The van der Waals surface area contributed by atoms with Crippen molar-refractivity contribution >= 4 is 87.6 Å². The van der Waals surface area contributed by atoms with Crippen molar-refractivity contribution in [2.45, 2.75) is 0 Å². The number of hydrogen-bond acceptors (Lipinski definition) is 6. The van der Waals surface area contributed by atoms with Gasteiger partial charge in [-0.05, 0) is 65.7 Å². The topological polar surface area (TPSA) is 83.0 Å². The van der Waals surface area contributed by atoms with E-state index in [0.717, 1.165) is 121 Å². The predicted molar refractivity (Wildman–Crippen MR) is 283 cm³/mol. The zero-order valence-corrected chi connectivity index (χ0v) is 37.3. The highest BCUT2D eigenvalue weighted by molar-refractivity contribution is 6.19. The third kappa shape index (κ3) is 5.79. The second-order valence-corrected chi connectivity index (χ2v) is 17.8. The summed E-state index contributed by atoms with van der Waals surface area (Å²) in [5.74, 6) is 1.70. The Bertz CT molecular complexity index is 4540. The highest BCUT2D eigenvalue weighted by Gasteiger charge is 2.24. The van der Waals surface area contributed by atoms with Gasteiger partial charge in [-0.3, -0.25) is 0 Å². The average Bonchev–Trinajstić information content (AvgIpc) is 4.20. The summed E-state index contributed by atoms with van der Waals surface area (Å²) in [6.07, 6.45) is 0. The van der Waals surface area contributed by atoms with Gasteiger partial charge < -0.3 is 17.8 Å². The van der Waals surface area contributed by atoms with E-state index in [1.165, 1.54) is 10.8 Å². The Morgan fingerprint density at radius 3 is 1.57 bits per heavy atom. The lowest BCUT2D eigenvalue weighted by Crippen LogP contribution is -2.00. The van der Waals surface area contributed by atoms with Crippen LogP contribution in [0.15, 0.2) is 232 Å². The van der Waals surface area contributed by atoms with Gasteiger partial charge >= 0.3 is 0 Å². The summed E-state index contributed by atoms with van der Waals surface area (Å²) in [6.45, 7) is 0. The van der Waals surface area contributed by atoms with Crippen molar-refractivity contribution in [3.05, 3.63) is 218 Å². The molecular weight excluding hydrogens is 861 g/mol. The number of para-hydroxylation sites is 5. The maximum absolute atomic E-state index is 6.70. The minimum Gasteiger partial charge on any atom is -0.456 e. The van der Waals surface area contributed by atoms with Crippen LogP contribution in [0.1, 0.15) is 0 Å². The van der Waals surface area contributed by atoms with Crippen molar-refractivity contribution in [3.63, 3.8) is 0 Å². The Labute approximate surface area is 399 Å². The first-order valence-electron chi connectivity index (χ1n) is 23.4. The number of benzene rings is 10. The van der Waals surface area contributed by atoms with Crippen LogP contribution in [0.25, 0.3) is 150 Å². The van der Waals surface area contributed by atoms with E-state index in [1.54, 1.807) is 0 Å². The highest BCUT2D eigenvalue weighted by Crippen LogP contribution is 2.46. The molecule has 70 heavy (non-hydrogen) atoms. The van der Waals surface area contributed by atoms with Gasteiger partial charge in [0.1, 0.15) is 33.5 Å². The van der Waals surface area contributed by atoms with Crippen molar-refractivity contribution in [2.75, 3.05) is 0 Å². The summed E-state index contributed by atoms with van der Waals surface area (Å²) in [5, 5.41) is 8.58. The van der Waals surface area contributed by atoms with Crippen LogP contribution in [0, 0.1) is 0 Å². The minimum absolute atomic E-state index is 0.549. The van der Waals surface area contributed by atoms with Crippen LogP contribution in [0.4, 0.5) is 0 Å². The number of rotatable bonds is 6. The van der Waals surface area contributed by atoms with Gasteiger partial charge in [-0.15, -0.1) is 0 Å². The van der Waals surface area contributed by atoms with Gasteiger partial charge in [0.2, 0.25) is 0 Å². The van der Waals surface area contributed by atoms with Crippen LogP contribution in [-0.4, -0.2) is 19.5 Å². The molecule has 15 rings (SSSR count). The fraction of sp³-hybridized carbons (Fsp3) is 0. The largest absolute Gasteiger partial charge is 0.456 e. The van der Waals surface area contributed by atoms with E-state index >= 15 is 0 Å². The first-order chi connectivity index (χ1) is 34.7. The molecule has 0 aliphatic heterocycles. The fourth-order valence-electron chi connectivity index (χ4n) is 10.8. The Balaban J connectivity index is 0.930. The van der Waals surface area contributed by atoms with Gasteiger partial charge in [-0.2, -0.15) is 0 Å². The Morgan fingerprint density at radius 1 is 0.300 bits per heavy atom. The molecule has 326 valence electrons. The molecule has 0 saturated carbocycles. The van der Waals surface area contributed by atoms with Gasteiger partial charge in [0.15, 0.2) is 17.5 Å². The number of aromatic nitrogens is 4. The lowest BCUT2D eigenvalue weighted by Gasteiger charge is -2.16. The number of nitrogens with zero attached hydrogens (tertiary/aromatic N) is 4. The number of fused-ring (bicyclic) bond motifs is 12. The lowest BCUT2D eigenvalue weighted by molar-refractivity contribution is 0.669. The van der Waals surface area contributed by atoms with Crippen LogP contribution in [0.3, 0.4) is 0 Å². The molecule has 0 radical (unpaired) electrons. The summed E-state index contributed by atoms with van der Waals surface area (Å²) in [4.78, 5) is 15.6. The summed E-state index contributed by atoms with van der Waals surface area (Å²) in [6, 6.07) is 75.5. The second kappa shape index (κ2) is 15.0. The molecule has 5 heterocycles. The molecule has 7 heteroatoms. The van der Waals surface area contributed by atoms with E-state index in [2.05, 4.69) is 150 Å². The lowest BCUT2D eigenvalue weighted by atomic mass is 9.95. The maximum Gasteiger partial charge on any atom is 0.164 e. The summed E-state index contributed by atoms with van der Waals surface area (Å²) in [7, 11) is 0. The third-order valence-corrected chi connectivity index (χ3v) is 13.9. The van der Waals surface area contributed by atoms with Crippen LogP contribution < -0.4 is 0 Å². The van der Waals surface area contributed by atoms with E-state index < -0.39 is 0 Å². The van der Waals surface area contributed by atoms with Crippen LogP contribution in [0.5, 0.6) is 0 Å².